The van der Waals surface area contributed by atoms with Crippen LogP contribution in [0.2, 0.25) is 0 Å². The van der Waals surface area contributed by atoms with Crippen LogP contribution in [-0.4, -0.2) is 42.9 Å². The number of hydrogen-bond acceptors (Lipinski definition) is 4. The molecule has 2 unspecified atom stereocenters. The van der Waals surface area contributed by atoms with Crippen molar-refractivity contribution >= 4 is 5.78 Å². The van der Waals surface area contributed by atoms with E-state index in [1.165, 1.54) is 0 Å². The van der Waals surface area contributed by atoms with E-state index in [1.807, 2.05) is 48.7 Å². The zero-order chi connectivity index (χ0) is 20.2. The second-order valence-corrected chi connectivity index (χ2v) is 7.77. The van der Waals surface area contributed by atoms with Crippen LogP contribution in [0, 0.1) is 0 Å². The Balaban J connectivity index is 1.67. The average molecular weight is 386 g/mol. The third kappa shape index (κ3) is 4.08. The highest BCUT2D eigenvalue weighted by atomic mass is 16.5. The van der Waals surface area contributed by atoms with Gasteiger partial charge in [0.05, 0.1) is 12.5 Å². The number of Topliss-reactive ketones (excluding diaryl/α,β-unsaturated/α-hetero) is 1. The van der Waals surface area contributed by atoms with Gasteiger partial charge in [0.25, 0.3) is 0 Å². The lowest BCUT2D eigenvalue weighted by molar-refractivity contribution is 0.0967. The van der Waals surface area contributed by atoms with E-state index in [0.29, 0.717) is 6.61 Å². The summed E-state index contributed by atoms with van der Waals surface area (Å²) in [6.45, 7) is 1.61. The molecule has 148 valence electrons. The van der Waals surface area contributed by atoms with Gasteiger partial charge in [-0.15, -0.1) is 0 Å². The summed E-state index contributed by atoms with van der Waals surface area (Å²) in [4.78, 5) is 19.9. The van der Waals surface area contributed by atoms with Crippen LogP contribution < -0.4 is 4.74 Å². The zero-order valence-corrected chi connectivity index (χ0v) is 16.9. The minimum Gasteiger partial charge on any atom is -0.494 e. The molecule has 0 spiro atoms. The molecular formula is C25H26N2O2. The van der Waals surface area contributed by atoms with Crippen LogP contribution in [0.25, 0.3) is 0 Å². The first-order chi connectivity index (χ1) is 14.1. The standard InChI is InChI=1S/C25H26N2O2/c1-27(2)14-7-15-29-20-11-12-21-22(16-20)25(28)24(19-10-6-13-26-17-19)23(21)18-8-4-3-5-9-18/h3-6,8-13,16-17,23-24H,7,14-15H2,1-2H3. The SMILES string of the molecule is CN(C)CCCOc1ccc2c(c1)C(=O)C(c1cccnc1)C2c1ccccc1. The van der Waals surface area contributed by atoms with E-state index >= 15 is 0 Å². The van der Waals surface area contributed by atoms with Gasteiger partial charge in [0, 0.05) is 30.4 Å². The summed E-state index contributed by atoms with van der Waals surface area (Å²) in [6, 6.07) is 20.1. The molecule has 4 nitrogen and oxygen atoms in total. The summed E-state index contributed by atoms with van der Waals surface area (Å²) in [6.07, 6.45) is 4.50. The minimum atomic E-state index is -0.259. The number of fused-ring (bicyclic) bond motifs is 1. The molecule has 4 heteroatoms. The Morgan fingerprint density at radius 3 is 2.48 bits per heavy atom. The number of hydrogen-bond donors (Lipinski definition) is 0. The largest absolute Gasteiger partial charge is 0.494 e. The smallest absolute Gasteiger partial charge is 0.171 e. The highest BCUT2D eigenvalue weighted by Gasteiger charge is 2.41. The summed E-state index contributed by atoms with van der Waals surface area (Å²) in [5.41, 5.74) is 3.93. The molecule has 1 aromatic heterocycles. The molecule has 0 saturated carbocycles. The molecule has 1 aliphatic rings. The Morgan fingerprint density at radius 2 is 1.76 bits per heavy atom. The van der Waals surface area contributed by atoms with Gasteiger partial charge >= 0.3 is 0 Å². The Kier molecular flexibility index (Phi) is 5.72. The fourth-order valence-corrected chi connectivity index (χ4v) is 4.12. The van der Waals surface area contributed by atoms with Crippen molar-refractivity contribution in [3.05, 3.63) is 95.3 Å². The van der Waals surface area contributed by atoms with Crippen molar-refractivity contribution in [1.29, 1.82) is 0 Å². The van der Waals surface area contributed by atoms with Gasteiger partial charge < -0.3 is 9.64 Å². The van der Waals surface area contributed by atoms with Crippen molar-refractivity contribution in [1.82, 2.24) is 9.88 Å². The molecule has 3 aromatic rings. The molecule has 0 saturated heterocycles. The summed E-state index contributed by atoms with van der Waals surface area (Å²) in [5, 5.41) is 0. The number of benzene rings is 2. The molecule has 2 atom stereocenters. The zero-order valence-electron chi connectivity index (χ0n) is 16.9. The Hall–Kier alpha value is -2.98. The maximum atomic E-state index is 13.5. The van der Waals surface area contributed by atoms with Gasteiger partial charge in [0.2, 0.25) is 0 Å². The summed E-state index contributed by atoms with van der Waals surface area (Å²) in [7, 11) is 4.10. The molecule has 1 heterocycles. The van der Waals surface area contributed by atoms with E-state index in [1.54, 1.807) is 6.20 Å². The number of carbonyl (C=O) groups excluding carboxylic acids is 1. The Morgan fingerprint density at radius 1 is 0.966 bits per heavy atom. The van der Waals surface area contributed by atoms with E-state index < -0.39 is 0 Å². The molecule has 0 radical (unpaired) electrons. The molecule has 4 rings (SSSR count). The van der Waals surface area contributed by atoms with Crippen LogP contribution in [0.1, 0.15) is 45.3 Å². The molecule has 0 bridgehead atoms. The van der Waals surface area contributed by atoms with Crippen molar-refractivity contribution in [2.45, 2.75) is 18.3 Å². The van der Waals surface area contributed by atoms with Crippen molar-refractivity contribution in [3.8, 4) is 5.75 Å². The molecule has 2 aromatic carbocycles. The van der Waals surface area contributed by atoms with Crippen LogP contribution in [0.5, 0.6) is 5.75 Å². The van der Waals surface area contributed by atoms with Gasteiger partial charge in [0.1, 0.15) is 5.75 Å². The predicted octanol–water partition coefficient (Wildman–Crippen LogP) is 4.52. The fraction of sp³-hybridized carbons (Fsp3) is 0.280. The normalized spacial score (nSPS) is 18.1. The molecule has 0 aliphatic heterocycles. The van der Waals surface area contributed by atoms with Gasteiger partial charge in [-0.2, -0.15) is 0 Å². The summed E-state index contributed by atoms with van der Waals surface area (Å²) >= 11 is 0. The topological polar surface area (TPSA) is 42.4 Å². The first kappa shape index (κ1) is 19.3. The lowest BCUT2D eigenvalue weighted by atomic mass is 9.82. The lowest BCUT2D eigenvalue weighted by Crippen LogP contribution is -2.15. The van der Waals surface area contributed by atoms with E-state index in [-0.39, 0.29) is 17.6 Å². The third-order valence-corrected chi connectivity index (χ3v) is 5.46. The fourth-order valence-electron chi connectivity index (χ4n) is 4.12. The summed E-state index contributed by atoms with van der Waals surface area (Å²) < 4.78 is 5.92. The summed E-state index contributed by atoms with van der Waals surface area (Å²) in [5.74, 6) is 0.630. The highest BCUT2D eigenvalue weighted by molar-refractivity contribution is 6.07. The number of ether oxygens (including phenoxy) is 1. The quantitative estimate of drug-likeness (QED) is 0.560. The lowest BCUT2D eigenvalue weighted by Gasteiger charge is -2.20. The van der Waals surface area contributed by atoms with Gasteiger partial charge in [-0.05, 0) is 55.4 Å². The van der Waals surface area contributed by atoms with Crippen molar-refractivity contribution < 1.29 is 9.53 Å². The molecular weight excluding hydrogens is 360 g/mol. The number of pyridine rings is 1. The van der Waals surface area contributed by atoms with Crippen molar-refractivity contribution in [2.75, 3.05) is 27.2 Å². The number of ketones is 1. The highest BCUT2D eigenvalue weighted by Crippen LogP contribution is 2.48. The molecule has 29 heavy (non-hydrogen) atoms. The van der Waals surface area contributed by atoms with Gasteiger partial charge in [-0.25, -0.2) is 0 Å². The van der Waals surface area contributed by atoms with E-state index in [9.17, 15) is 4.79 Å². The minimum absolute atomic E-state index is 0.00862. The van der Waals surface area contributed by atoms with Crippen LogP contribution >= 0.6 is 0 Å². The molecule has 0 fully saturated rings. The second-order valence-electron chi connectivity index (χ2n) is 7.77. The Labute approximate surface area is 172 Å². The van der Waals surface area contributed by atoms with Crippen LogP contribution in [0.3, 0.4) is 0 Å². The van der Waals surface area contributed by atoms with E-state index in [2.05, 4.69) is 42.2 Å². The van der Waals surface area contributed by atoms with Gasteiger partial charge in [-0.1, -0.05) is 42.5 Å². The van der Waals surface area contributed by atoms with E-state index in [0.717, 1.165) is 41.0 Å². The van der Waals surface area contributed by atoms with E-state index in [4.69, 9.17) is 4.74 Å². The number of aromatic nitrogens is 1. The predicted molar refractivity (Wildman–Crippen MR) is 115 cm³/mol. The molecule has 1 aliphatic carbocycles. The monoisotopic (exact) mass is 386 g/mol. The Bertz CT molecular complexity index is 971. The van der Waals surface area contributed by atoms with Gasteiger partial charge in [-0.3, -0.25) is 9.78 Å². The van der Waals surface area contributed by atoms with Crippen LogP contribution in [0.15, 0.2) is 73.1 Å². The number of carbonyl (C=O) groups is 1. The first-order valence-electron chi connectivity index (χ1n) is 10.1. The number of nitrogens with zero attached hydrogens (tertiary/aromatic N) is 2. The number of rotatable bonds is 7. The third-order valence-electron chi connectivity index (χ3n) is 5.46. The van der Waals surface area contributed by atoms with Crippen molar-refractivity contribution in [3.63, 3.8) is 0 Å². The first-order valence-corrected chi connectivity index (χ1v) is 10.1. The molecule has 0 amide bonds. The maximum absolute atomic E-state index is 13.5. The average Bonchev–Trinajstić information content (AvgIpc) is 3.04. The molecule has 0 N–H and O–H groups in total. The second kappa shape index (κ2) is 8.58. The van der Waals surface area contributed by atoms with Crippen LogP contribution in [-0.2, 0) is 0 Å². The van der Waals surface area contributed by atoms with Crippen LogP contribution in [0.4, 0.5) is 0 Å². The van der Waals surface area contributed by atoms with Crippen molar-refractivity contribution in [2.24, 2.45) is 0 Å². The maximum Gasteiger partial charge on any atom is 0.171 e. The van der Waals surface area contributed by atoms with Gasteiger partial charge in [0.15, 0.2) is 5.78 Å².